The van der Waals surface area contributed by atoms with E-state index in [4.69, 9.17) is 19.9 Å². The predicted molar refractivity (Wildman–Crippen MR) is 535 cm³/mol. The first-order chi connectivity index (χ1) is 68.0. The highest BCUT2D eigenvalue weighted by molar-refractivity contribution is 6.08. The number of amides is 11. The Morgan fingerprint density at radius 1 is 0.355 bits per heavy atom. The van der Waals surface area contributed by atoms with Gasteiger partial charge in [-0.15, -0.1) is 12.4 Å². The molecule has 11 amide bonds. The molecule has 742 valence electrons. The summed E-state index contributed by atoms with van der Waals surface area (Å²) in [6.07, 6.45) is 19.6. The minimum atomic E-state index is -0.594. The lowest BCUT2D eigenvalue weighted by molar-refractivity contribution is -0.138. The molecule has 10 fully saturated rings. The monoisotopic (exact) mass is 1940 g/mol. The molecule has 6 aromatic heterocycles. The molecule has 2 saturated carbocycles. The van der Waals surface area contributed by atoms with E-state index in [0.717, 1.165) is 261 Å². The van der Waals surface area contributed by atoms with Gasteiger partial charge in [0.05, 0.1) is 36.6 Å². The molecule has 11 aliphatic heterocycles. The number of nitrogens with zero attached hydrogens (tertiary/aromatic N) is 22. The number of fused-ring (bicyclic) bond motifs is 5. The number of carbonyl (C=O) groups is 11. The second-order valence-corrected chi connectivity index (χ2v) is 39.9. The number of aromatic nitrogens is 8. The van der Waals surface area contributed by atoms with Crippen molar-refractivity contribution in [1.82, 2.24) is 104 Å². The molecule has 0 radical (unpaired) electrons. The van der Waals surface area contributed by atoms with Crippen molar-refractivity contribution >= 4 is 128 Å². The quantitative estimate of drug-likeness (QED) is 0.0552. The number of nitrogens with one attached hydrogen (secondary N) is 4. The number of piperidine rings is 3. The van der Waals surface area contributed by atoms with Crippen molar-refractivity contribution in [3.63, 3.8) is 0 Å². The van der Waals surface area contributed by atoms with E-state index in [0.29, 0.717) is 91.5 Å². The van der Waals surface area contributed by atoms with Crippen LogP contribution < -0.4 is 45.8 Å². The zero-order chi connectivity index (χ0) is 96.5. The summed E-state index contributed by atoms with van der Waals surface area (Å²) in [6, 6.07) is 29.2. The van der Waals surface area contributed by atoms with Gasteiger partial charge in [0.1, 0.15) is 52.5 Å². The summed E-state index contributed by atoms with van der Waals surface area (Å²) < 4.78 is 4.33. The lowest BCUT2D eigenvalue weighted by Gasteiger charge is -2.39. The fourth-order valence-corrected chi connectivity index (χ4v) is 22.5. The van der Waals surface area contributed by atoms with Gasteiger partial charge in [0.25, 0.3) is 29.5 Å². The van der Waals surface area contributed by atoms with E-state index in [2.05, 4.69) is 127 Å². The number of pyridine rings is 2. The zero-order valence-electron chi connectivity index (χ0n) is 81.0. The second-order valence-electron chi connectivity index (χ2n) is 39.9. The lowest BCUT2D eigenvalue weighted by Crippen LogP contribution is -2.52. The molecule has 22 rings (SSSR count). The second kappa shape index (κ2) is 42.5. The van der Waals surface area contributed by atoms with Crippen LogP contribution in [0, 0.1) is 0 Å². The van der Waals surface area contributed by atoms with Gasteiger partial charge in [-0.3, -0.25) is 98.3 Å². The lowest BCUT2D eigenvalue weighted by atomic mass is 10.0. The van der Waals surface area contributed by atoms with Gasteiger partial charge in [0, 0.05) is 305 Å². The molecule has 141 heavy (non-hydrogen) atoms. The maximum atomic E-state index is 13.1. The molecule has 13 aliphatic rings. The predicted octanol–water partition coefficient (Wildman–Crippen LogP) is 6.16. The molecule has 3 atom stereocenters. The molecule has 37 nitrogen and oxygen atoms in total. The molecule has 3 aromatic carbocycles. The zero-order valence-corrected chi connectivity index (χ0v) is 81.8. The Labute approximate surface area is 826 Å². The van der Waals surface area contributed by atoms with E-state index < -0.39 is 18.1 Å². The number of anilines is 5. The Morgan fingerprint density at radius 3 is 0.957 bits per heavy atom. The van der Waals surface area contributed by atoms with E-state index in [1.54, 1.807) is 52.7 Å². The van der Waals surface area contributed by atoms with Crippen molar-refractivity contribution in [3.8, 4) is 0 Å². The standard InChI is InChI=1S/2C43H53N11O4.C17H20N4O3.ClH/c2*1-48(2)43(58)37-24-29-26-45-38(46-40(29)54(37)32-5-3-4-6-32)25-31-7-8-34(27-44-31)52-21-17-50(18-22-52)14-13-49-15-19-51(20-16-49)33-9-10-35-30(23-33)28-53(42(35)57)36-11-12-39(55)47-41(36)56;22-15-4-3-14(16(23)19-15)21-10-11-9-12(1-2-13(11)17(21)24)20-7-5-18-6-8-20;/h2*7-10,23-24,26-27,32,36H,3-6,11-22,25,28H2,1-2H3,(H,47,55,56);1-2,9,14,18H,3-8,10H2,(H,19,22,23);1H. The number of piperazine rings is 5. The normalized spacial score (nSPS) is 21.4. The molecule has 2 aliphatic carbocycles. The van der Waals surface area contributed by atoms with Crippen LogP contribution in [0.4, 0.5) is 28.4 Å². The van der Waals surface area contributed by atoms with Crippen LogP contribution in [-0.2, 0) is 61.2 Å². The molecule has 0 bridgehead atoms. The molecule has 0 spiro atoms. The number of imide groups is 3. The van der Waals surface area contributed by atoms with E-state index in [9.17, 15) is 52.7 Å². The van der Waals surface area contributed by atoms with Crippen LogP contribution in [0.15, 0.2) is 116 Å². The van der Waals surface area contributed by atoms with E-state index in [-0.39, 0.29) is 109 Å². The van der Waals surface area contributed by atoms with Gasteiger partial charge in [-0.25, -0.2) is 19.9 Å². The number of halogens is 1. The van der Waals surface area contributed by atoms with Gasteiger partial charge >= 0.3 is 0 Å². The summed E-state index contributed by atoms with van der Waals surface area (Å²) in [5.74, 6) is -0.892. The number of benzene rings is 3. The first-order valence-corrected chi connectivity index (χ1v) is 50.2. The van der Waals surface area contributed by atoms with Crippen LogP contribution >= 0.6 is 12.4 Å². The summed E-state index contributed by atoms with van der Waals surface area (Å²) in [6.45, 7) is 24.7. The Hall–Kier alpha value is -12.9. The maximum absolute atomic E-state index is 13.1. The van der Waals surface area contributed by atoms with Crippen molar-refractivity contribution < 1.29 is 52.7 Å². The van der Waals surface area contributed by atoms with Crippen molar-refractivity contribution in [2.75, 3.05) is 210 Å². The maximum Gasteiger partial charge on any atom is 0.270 e. The fraction of sp³-hybridized carbons (Fsp3) is 0.505. The molecular formula is C103H127ClN26O11. The van der Waals surface area contributed by atoms with Crippen molar-refractivity contribution in [2.24, 2.45) is 0 Å². The molecule has 38 heteroatoms. The van der Waals surface area contributed by atoms with Crippen LogP contribution in [0.5, 0.6) is 0 Å². The number of hydrogen-bond acceptors (Lipinski definition) is 27. The van der Waals surface area contributed by atoms with Crippen LogP contribution in [0.25, 0.3) is 22.1 Å². The van der Waals surface area contributed by atoms with Crippen LogP contribution in [0.1, 0.15) is 194 Å². The SMILES string of the molecule is CN(C)C(=O)c1cc2cnc(Cc3ccc(N4CCN(CCN5CCN(c6ccc7c(c6)CN(C6CCC(=O)NC6=O)C7=O)CC5)CC4)cn3)nc2n1C1CCCC1.CN(C)C(=O)c1cc2cnc(Cc3ccc(N4CCN(CCN5CCN(c6ccc7c(c6)CN(C6CCC(=O)NC6=O)C7=O)CC5)CC4)cn3)nc2n1C1CCCC1.Cl.O=C1CCC(N2Cc3cc(N4CCNCC4)ccc3C2=O)C(=O)N1. The Bertz CT molecular complexity index is 5910. The third-order valence-corrected chi connectivity index (χ3v) is 30.6. The Kier molecular flexibility index (Phi) is 29.2. The number of hydrogen-bond donors (Lipinski definition) is 4. The molecule has 4 N–H and O–H groups in total. The number of rotatable bonds is 22. The largest absolute Gasteiger partial charge is 0.369 e. The Balaban J connectivity index is 0.000000145. The molecular weight excluding hydrogens is 1810 g/mol. The third-order valence-electron chi connectivity index (χ3n) is 30.6. The van der Waals surface area contributed by atoms with Crippen molar-refractivity contribution in [1.29, 1.82) is 0 Å². The first kappa shape index (κ1) is 96.9. The Morgan fingerprint density at radius 2 is 0.660 bits per heavy atom. The minimum absolute atomic E-state index is 0. The summed E-state index contributed by atoms with van der Waals surface area (Å²) >= 11 is 0. The number of carbonyl (C=O) groups excluding carboxylic acids is 11. The van der Waals surface area contributed by atoms with Gasteiger partial charge in [-0.2, -0.15) is 0 Å². The highest BCUT2D eigenvalue weighted by Crippen LogP contribution is 2.40. The van der Waals surface area contributed by atoms with Crippen molar-refractivity contribution in [3.05, 3.63) is 184 Å². The smallest absolute Gasteiger partial charge is 0.270 e. The van der Waals surface area contributed by atoms with Gasteiger partial charge in [0.2, 0.25) is 35.4 Å². The van der Waals surface area contributed by atoms with Gasteiger partial charge in [0.15, 0.2) is 0 Å². The summed E-state index contributed by atoms with van der Waals surface area (Å²) in [7, 11) is 7.18. The van der Waals surface area contributed by atoms with Crippen LogP contribution in [-0.4, -0.2) is 352 Å². The van der Waals surface area contributed by atoms with Crippen LogP contribution in [0.3, 0.4) is 0 Å². The highest BCUT2D eigenvalue weighted by atomic mass is 35.5. The van der Waals surface area contributed by atoms with Gasteiger partial charge < -0.3 is 63.5 Å². The van der Waals surface area contributed by atoms with E-state index in [1.165, 1.54) is 25.7 Å². The summed E-state index contributed by atoms with van der Waals surface area (Å²) in [5.41, 5.74) is 15.4. The first-order valence-electron chi connectivity index (χ1n) is 50.2. The molecule has 8 saturated heterocycles. The average Bonchev–Trinajstić information content (AvgIpc) is 1.61. The molecule has 17 heterocycles. The minimum Gasteiger partial charge on any atom is -0.369 e. The highest BCUT2D eigenvalue weighted by Gasteiger charge is 2.44. The van der Waals surface area contributed by atoms with E-state index >= 15 is 0 Å². The molecule has 3 unspecified atom stereocenters. The third kappa shape index (κ3) is 21.1. The summed E-state index contributed by atoms with van der Waals surface area (Å²) in [4.78, 5) is 196. The molecule has 9 aromatic rings. The summed E-state index contributed by atoms with van der Waals surface area (Å²) in [5, 5.41) is 12.2. The fourth-order valence-electron chi connectivity index (χ4n) is 22.5. The van der Waals surface area contributed by atoms with Crippen molar-refractivity contribution in [2.45, 2.75) is 153 Å². The van der Waals surface area contributed by atoms with E-state index in [1.807, 2.05) is 73.3 Å². The van der Waals surface area contributed by atoms with Gasteiger partial charge in [-0.1, -0.05) is 25.7 Å². The topological polar surface area (TPSA) is 368 Å². The van der Waals surface area contributed by atoms with Gasteiger partial charge in [-0.05, 0) is 153 Å². The average molecular weight is 1940 g/mol. The van der Waals surface area contributed by atoms with Crippen LogP contribution in [0.2, 0.25) is 0 Å².